The van der Waals surface area contributed by atoms with Gasteiger partial charge in [0.15, 0.2) is 5.16 Å². The number of aromatic nitrogens is 2. The van der Waals surface area contributed by atoms with Crippen molar-refractivity contribution < 1.29 is 4.39 Å². The minimum Gasteiger partial charge on any atom is -0.338 e. The second kappa shape index (κ2) is 6.05. The molecule has 0 unspecified atom stereocenters. The number of nitrogen functional groups attached to an aromatic ring is 1. The van der Waals surface area contributed by atoms with E-state index >= 15 is 0 Å². The molecule has 0 radical (unpaired) electrons. The van der Waals surface area contributed by atoms with Gasteiger partial charge in [0, 0.05) is 11.1 Å². The second-order valence-corrected chi connectivity index (χ2v) is 4.73. The van der Waals surface area contributed by atoms with Crippen molar-refractivity contribution in [2.75, 3.05) is 17.0 Å². The zero-order chi connectivity index (χ0) is 13.8. The van der Waals surface area contributed by atoms with Crippen LogP contribution in [0.1, 0.15) is 0 Å². The summed E-state index contributed by atoms with van der Waals surface area (Å²) in [4.78, 5) is 8.31. The molecule has 19 heavy (non-hydrogen) atoms. The van der Waals surface area contributed by atoms with Crippen LogP contribution in [0.2, 0.25) is 5.02 Å². The number of hydrogen-bond acceptors (Lipinski definition) is 6. The first-order chi connectivity index (χ1) is 9.12. The molecule has 8 heteroatoms. The van der Waals surface area contributed by atoms with Gasteiger partial charge in [0.1, 0.15) is 17.5 Å². The highest BCUT2D eigenvalue weighted by Gasteiger charge is 2.07. The van der Waals surface area contributed by atoms with Crippen molar-refractivity contribution >= 4 is 40.7 Å². The molecule has 0 saturated heterocycles. The third-order valence-corrected chi connectivity index (χ3v) is 3.01. The Morgan fingerprint density at radius 2 is 2.00 bits per heavy atom. The summed E-state index contributed by atoms with van der Waals surface area (Å²) in [7, 11) is 0. The lowest BCUT2D eigenvalue weighted by molar-refractivity contribution is 0.631. The number of rotatable bonds is 4. The molecule has 0 aliphatic rings. The molecule has 4 N–H and O–H groups in total. The number of nitrogens with zero attached hydrogens (tertiary/aromatic N) is 2. The predicted octanol–water partition coefficient (Wildman–Crippen LogP) is 3.02. The molecule has 0 amide bonds. The van der Waals surface area contributed by atoms with E-state index < -0.39 is 5.82 Å². The first-order valence-electron chi connectivity index (χ1n) is 5.24. The van der Waals surface area contributed by atoms with Crippen LogP contribution in [0.3, 0.4) is 0 Å². The van der Waals surface area contributed by atoms with Gasteiger partial charge in [-0.2, -0.15) is 0 Å². The molecule has 0 spiro atoms. The Hall–Kier alpha value is -1.57. The van der Waals surface area contributed by atoms with Crippen LogP contribution in [0, 0.1) is 5.82 Å². The summed E-state index contributed by atoms with van der Waals surface area (Å²) in [5.41, 5.74) is 2.67. The van der Waals surface area contributed by atoms with Crippen molar-refractivity contribution in [2.24, 2.45) is 5.84 Å². The summed E-state index contributed by atoms with van der Waals surface area (Å²) < 4.78 is 13.6. The summed E-state index contributed by atoms with van der Waals surface area (Å²) in [6.45, 7) is 0. The fourth-order valence-corrected chi connectivity index (χ4v) is 1.94. The van der Waals surface area contributed by atoms with Crippen LogP contribution >= 0.6 is 23.4 Å². The van der Waals surface area contributed by atoms with Crippen LogP contribution in [-0.2, 0) is 0 Å². The monoisotopic (exact) mass is 299 g/mol. The van der Waals surface area contributed by atoms with Gasteiger partial charge in [-0.1, -0.05) is 23.4 Å². The van der Waals surface area contributed by atoms with Gasteiger partial charge in [0.2, 0.25) is 0 Å². The van der Waals surface area contributed by atoms with Gasteiger partial charge in [-0.25, -0.2) is 20.2 Å². The average molecular weight is 300 g/mol. The largest absolute Gasteiger partial charge is 0.338 e. The highest BCUT2D eigenvalue weighted by molar-refractivity contribution is 7.98. The first kappa shape index (κ1) is 13.9. The number of hydrazine groups is 1. The molecule has 0 aliphatic carbocycles. The van der Waals surface area contributed by atoms with Crippen LogP contribution in [0.4, 0.5) is 21.7 Å². The third-order valence-electron chi connectivity index (χ3n) is 2.23. The van der Waals surface area contributed by atoms with Crippen molar-refractivity contribution in [3.8, 4) is 0 Å². The van der Waals surface area contributed by atoms with Gasteiger partial charge < -0.3 is 10.7 Å². The number of benzene rings is 1. The number of halogens is 2. The first-order valence-corrected chi connectivity index (χ1v) is 6.84. The molecular formula is C11H11ClFN5S. The molecule has 0 bridgehead atoms. The number of nitrogens with two attached hydrogens (primary N) is 1. The van der Waals surface area contributed by atoms with Crippen molar-refractivity contribution in [1.82, 2.24) is 9.97 Å². The van der Waals surface area contributed by atoms with Gasteiger partial charge in [-0.15, -0.1) is 0 Å². The molecule has 2 rings (SSSR count). The van der Waals surface area contributed by atoms with E-state index in [-0.39, 0.29) is 5.69 Å². The van der Waals surface area contributed by atoms with E-state index in [2.05, 4.69) is 20.7 Å². The Morgan fingerprint density at radius 3 is 2.68 bits per heavy atom. The molecule has 0 aliphatic heterocycles. The SMILES string of the molecule is CSc1nc(NN)cc(Nc2cc(Cl)ccc2F)n1. The Kier molecular flexibility index (Phi) is 4.41. The molecule has 0 atom stereocenters. The minimum atomic E-state index is -0.420. The molecule has 0 saturated carbocycles. The van der Waals surface area contributed by atoms with Crippen LogP contribution in [0.25, 0.3) is 0 Å². The van der Waals surface area contributed by atoms with Crippen LogP contribution < -0.4 is 16.6 Å². The van der Waals surface area contributed by atoms with Gasteiger partial charge in [0.25, 0.3) is 0 Å². The van der Waals surface area contributed by atoms with Crippen molar-refractivity contribution in [2.45, 2.75) is 5.16 Å². The number of anilines is 3. The van der Waals surface area contributed by atoms with E-state index in [1.54, 1.807) is 6.07 Å². The Bertz CT molecular complexity index is 573. The van der Waals surface area contributed by atoms with Gasteiger partial charge >= 0.3 is 0 Å². The van der Waals surface area contributed by atoms with Crippen molar-refractivity contribution in [1.29, 1.82) is 0 Å². The van der Waals surface area contributed by atoms with E-state index in [0.29, 0.717) is 21.8 Å². The lowest BCUT2D eigenvalue weighted by Gasteiger charge is -2.09. The van der Waals surface area contributed by atoms with Crippen LogP contribution in [0.5, 0.6) is 0 Å². The van der Waals surface area contributed by atoms with E-state index in [1.807, 2.05) is 6.26 Å². The Morgan fingerprint density at radius 1 is 1.26 bits per heavy atom. The topological polar surface area (TPSA) is 75.9 Å². The van der Waals surface area contributed by atoms with Gasteiger partial charge in [0.05, 0.1) is 5.69 Å². The highest BCUT2D eigenvalue weighted by Crippen LogP contribution is 2.24. The zero-order valence-electron chi connectivity index (χ0n) is 9.95. The lowest BCUT2D eigenvalue weighted by atomic mass is 10.3. The maximum atomic E-state index is 13.6. The fraction of sp³-hybridized carbons (Fsp3) is 0.0909. The minimum absolute atomic E-state index is 0.237. The molecule has 1 heterocycles. The van der Waals surface area contributed by atoms with Crippen molar-refractivity contribution in [3.63, 3.8) is 0 Å². The molecule has 1 aromatic heterocycles. The standard InChI is InChI=1S/C11H11ClFN5S/c1-19-11-16-9(5-10(17-11)18-14)15-8-4-6(12)2-3-7(8)13/h2-5H,14H2,1H3,(H2,15,16,17,18). The van der Waals surface area contributed by atoms with E-state index in [4.69, 9.17) is 17.4 Å². The smallest absolute Gasteiger partial charge is 0.191 e. The Labute approximate surface area is 118 Å². The molecular weight excluding hydrogens is 289 g/mol. The zero-order valence-corrected chi connectivity index (χ0v) is 11.5. The highest BCUT2D eigenvalue weighted by atomic mass is 35.5. The summed E-state index contributed by atoms with van der Waals surface area (Å²) in [6.07, 6.45) is 1.83. The number of nitrogens with one attached hydrogen (secondary N) is 2. The van der Waals surface area contributed by atoms with E-state index in [1.165, 1.54) is 30.0 Å². The van der Waals surface area contributed by atoms with Crippen molar-refractivity contribution in [3.05, 3.63) is 35.1 Å². The Balaban J connectivity index is 2.34. The molecule has 100 valence electrons. The lowest BCUT2D eigenvalue weighted by Crippen LogP contribution is -2.10. The molecule has 1 aromatic carbocycles. The quantitative estimate of drug-likeness (QED) is 0.349. The third kappa shape index (κ3) is 3.46. The van der Waals surface area contributed by atoms with E-state index in [9.17, 15) is 4.39 Å². The van der Waals surface area contributed by atoms with E-state index in [0.717, 1.165) is 0 Å². The normalized spacial score (nSPS) is 10.3. The average Bonchev–Trinajstić information content (AvgIpc) is 2.42. The molecule has 2 aromatic rings. The van der Waals surface area contributed by atoms with Crippen LogP contribution in [-0.4, -0.2) is 16.2 Å². The van der Waals surface area contributed by atoms with Gasteiger partial charge in [-0.05, 0) is 24.5 Å². The summed E-state index contributed by atoms with van der Waals surface area (Å²) in [6, 6.07) is 5.80. The summed E-state index contributed by atoms with van der Waals surface area (Å²) >= 11 is 7.18. The maximum absolute atomic E-state index is 13.6. The second-order valence-electron chi connectivity index (χ2n) is 3.52. The molecule has 0 fully saturated rings. The molecule has 5 nitrogen and oxygen atoms in total. The fourth-order valence-electron chi connectivity index (χ4n) is 1.39. The van der Waals surface area contributed by atoms with Crippen LogP contribution in [0.15, 0.2) is 29.4 Å². The summed E-state index contributed by atoms with van der Waals surface area (Å²) in [5, 5.41) is 3.79. The number of thioether (sulfide) groups is 1. The van der Waals surface area contributed by atoms with Gasteiger partial charge in [-0.3, -0.25) is 0 Å². The maximum Gasteiger partial charge on any atom is 0.191 e. The predicted molar refractivity (Wildman–Crippen MR) is 76.3 cm³/mol. The summed E-state index contributed by atoms with van der Waals surface area (Å²) in [5.74, 6) is 5.76. The number of hydrogen-bond donors (Lipinski definition) is 3.